The number of alkyl carbamates (subject to hydrolysis) is 1. The van der Waals surface area contributed by atoms with E-state index in [-0.39, 0.29) is 17.7 Å². The molecule has 1 aromatic rings. The van der Waals surface area contributed by atoms with Gasteiger partial charge in [0.25, 0.3) is 5.91 Å². The number of amides is 3. The minimum Gasteiger partial charge on any atom is -0.444 e. The summed E-state index contributed by atoms with van der Waals surface area (Å²) in [6.07, 6.45) is 10.1. The molecule has 2 N–H and O–H groups in total. The molecule has 1 saturated carbocycles. The van der Waals surface area contributed by atoms with Crippen molar-refractivity contribution in [3.05, 3.63) is 34.9 Å². The number of carbonyl (C=O) groups is 3. The standard InChI is InChI=1S/C26H37N3O4S/c1-7-29(24(31)21(16-34)28-25(32)33-26(4,5)6)22(20-14-13-17(2)15-18(20)3)23(30)27-19-11-9-8-10-12-19/h1,13-15,19,21-22,34H,8-12,16H2,2-6H3,(H,27,30)(H,28,32). The lowest BCUT2D eigenvalue weighted by Gasteiger charge is -2.32. The number of nitrogens with one attached hydrogen (secondary N) is 2. The van der Waals surface area contributed by atoms with Crippen LogP contribution in [-0.4, -0.2) is 46.2 Å². The van der Waals surface area contributed by atoms with E-state index >= 15 is 0 Å². The zero-order valence-electron chi connectivity index (χ0n) is 20.8. The molecule has 1 aromatic carbocycles. The Balaban J connectivity index is 2.36. The van der Waals surface area contributed by atoms with Crippen LogP contribution in [0.1, 0.15) is 75.6 Å². The minimum absolute atomic E-state index is 0.0138. The van der Waals surface area contributed by atoms with Crippen LogP contribution in [0.15, 0.2) is 18.2 Å². The van der Waals surface area contributed by atoms with Crippen molar-refractivity contribution in [3.8, 4) is 12.5 Å². The summed E-state index contributed by atoms with van der Waals surface area (Å²) in [7, 11) is 0. The maximum absolute atomic E-state index is 13.5. The topological polar surface area (TPSA) is 87.7 Å². The van der Waals surface area contributed by atoms with E-state index < -0.39 is 29.7 Å². The van der Waals surface area contributed by atoms with Gasteiger partial charge in [-0.15, -0.1) is 0 Å². The van der Waals surface area contributed by atoms with Crippen LogP contribution in [0.4, 0.5) is 4.79 Å². The number of hydrogen-bond acceptors (Lipinski definition) is 5. The largest absolute Gasteiger partial charge is 0.444 e. The van der Waals surface area contributed by atoms with Crippen LogP contribution in [0.3, 0.4) is 0 Å². The van der Waals surface area contributed by atoms with E-state index in [2.05, 4.69) is 29.3 Å². The number of aryl methyl sites for hydroxylation is 2. The smallest absolute Gasteiger partial charge is 0.408 e. The Morgan fingerprint density at radius 1 is 1.21 bits per heavy atom. The Bertz CT molecular complexity index is 929. The van der Waals surface area contributed by atoms with E-state index in [1.165, 1.54) is 0 Å². The molecule has 1 aliphatic carbocycles. The van der Waals surface area contributed by atoms with Gasteiger partial charge in [-0.1, -0.05) is 49.4 Å². The molecule has 0 spiro atoms. The lowest BCUT2D eigenvalue weighted by atomic mass is 9.93. The number of thiol groups is 1. The van der Waals surface area contributed by atoms with Gasteiger partial charge in [0.1, 0.15) is 17.7 Å². The van der Waals surface area contributed by atoms with Gasteiger partial charge in [-0.3, -0.25) is 14.5 Å². The van der Waals surface area contributed by atoms with Gasteiger partial charge in [0.15, 0.2) is 0 Å². The van der Waals surface area contributed by atoms with Crippen LogP contribution in [-0.2, 0) is 14.3 Å². The summed E-state index contributed by atoms with van der Waals surface area (Å²) in [4.78, 5) is 40.4. The summed E-state index contributed by atoms with van der Waals surface area (Å²) < 4.78 is 5.27. The summed E-state index contributed by atoms with van der Waals surface area (Å²) >= 11 is 4.23. The maximum Gasteiger partial charge on any atom is 0.408 e. The van der Waals surface area contributed by atoms with Crippen LogP contribution >= 0.6 is 12.6 Å². The highest BCUT2D eigenvalue weighted by atomic mass is 32.1. The number of rotatable bonds is 7. The molecule has 0 saturated heterocycles. The molecule has 8 heteroatoms. The first-order valence-electron chi connectivity index (χ1n) is 11.7. The zero-order valence-corrected chi connectivity index (χ0v) is 21.7. The van der Waals surface area contributed by atoms with Crippen molar-refractivity contribution < 1.29 is 19.1 Å². The third-order valence-electron chi connectivity index (χ3n) is 5.73. The Hall–Kier alpha value is -2.66. The Kier molecular flexibility index (Phi) is 9.87. The Morgan fingerprint density at radius 2 is 1.85 bits per heavy atom. The molecule has 2 rings (SSSR count). The van der Waals surface area contributed by atoms with Gasteiger partial charge in [-0.25, -0.2) is 4.79 Å². The van der Waals surface area contributed by atoms with Gasteiger partial charge < -0.3 is 15.4 Å². The van der Waals surface area contributed by atoms with Crippen molar-refractivity contribution in [3.63, 3.8) is 0 Å². The fraction of sp³-hybridized carbons (Fsp3) is 0.577. The first kappa shape index (κ1) is 27.6. The molecule has 0 aromatic heterocycles. The molecule has 0 bridgehead atoms. The zero-order chi connectivity index (χ0) is 25.5. The highest BCUT2D eigenvalue weighted by molar-refractivity contribution is 7.80. The molecule has 3 amide bonds. The molecule has 0 radical (unpaired) electrons. The highest BCUT2D eigenvalue weighted by Gasteiger charge is 2.37. The fourth-order valence-corrected chi connectivity index (χ4v) is 4.37. The SMILES string of the molecule is C#CN(C(=O)C(CS)NC(=O)OC(C)(C)C)C(C(=O)NC1CCCCC1)c1ccc(C)cc1C. The second-order valence-corrected chi connectivity index (χ2v) is 10.2. The monoisotopic (exact) mass is 487 g/mol. The third-order valence-corrected chi connectivity index (χ3v) is 6.09. The van der Waals surface area contributed by atoms with E-state index in [0.717, 1.165) is 48.1 Å². The highest BCUT2D eigenvalue weighted by Crippen LogP contribution is 2.27. The van der Waals surface area contributed by atoms with Crippen LogP contribution in [0, 0.1) is 26.3 Å². The second kappa shape index (κ2) is 12.2. The predicted octanol–water partition coefficient (Wildman–Crippen LogP) is 4.04. The van der Waals surface area contributed by atoms with Crippen molar-refractivity contribution >= 4 is 30.5 Å². The van der Waals surface area contributed by atoms with Gasteiger partial charge in [-0.05, 0) is 58.6 Å². The van der Waals surface area contributed by atoms with Crippen molar-refractivity contribution in [1.82, 2.24) is 15.5 Å². The summed E-state index contributed by atoms with van der Waals surface area (Å²) in [5.74, 6) is -0.951. The van der Waals surface area contributed by atoms with Crippen molar-refractivity contribution in [2.45, 2.75) is 90.4 Å². The van der Waals surface area contributed by atoms with Crippen LogP contribution in [0.2, 0.25) is 0 Å². The van der Waals surface area contributed by atoms with Crippen molar-refractivity contribution in [2.75, 3.05) is 5.75 Å². The lowest BCUT2D eigenvalue weighted by Crippen LogP contribution is -2.53. The number of terminal acetylenes is 1. The normalized spacial score (nSPS) is 16.0. The molecule has 1 fully saturated rings. The molecular formula is C26H37N3O4S. The molecule has 7 nitrogen and oxygen atoms in total. The van der Waals surface area contributed by atoms with Crippen LogP contribution < -0.4 is 10.6 Å². The molecular weight excluding hydrogens is 450 g/mol. The van der Waals surface area contributed by atoms with Crippen molar-refractivity contribution in [2.24, 2.45) is 0 Å². The third kappa shape index (κ3) is 7.69. The van der Waals surface area contributed by atoms with E-state index in [9.17, 15) is 14.4 Å². The Labute approximate surface area is 208 Å². The van der Waals surface area contributed by atoms with E-state index in [4.69, 9.17) is 11.2 Å². The number of hydrogen-bond donors (Lipinski definition) is 3. The number of carbonyl (C=O) groups excluding carboxylic acids is 3. The van der Waals surface area contributed by atoms with E-state index in [1.807, 2.05) is 32.0 Å². The second-order valence-electron chi connectivity index (χ2n) is 9.82. The van der Waals surface area contributed by atoms with Gasteiger partial charge in [-0.2, -0.15) is 12.6 Å². The van der Waals surface area contributed by atoms with Crippen LogP contribution in [0.5, 0.6) is 0 Å². The van der Waals surface area contributed by atoms with Gasteiger partial charge in [0.2, 0.25) is 5.91 Å². The van der Waals surface area contributed by atoms with Gasteiger partial charge >= 0.3 is 6.09 Å². The Morgan fingerprint density at radius 3 is 2.38 bits per heavy atom. The summed E-state index contributed by atoms with van der Waals surface area (Å²) in [6.45, 7) is 9.02. The molecule has 0 heterocycles. The summed E-state index contributed by atoms with van der Waals surface area (Å²) in [5.41, 5.74) is 1.78. The van der Waals surface area contributed by atoms with Crippen molar-refractivity contribution in [1.29, 1.82) is 0 Å². The summed E-state index contributed by atoms with van der Waals surface area (Å²) in [5, 5.41) is 5.63. The number of nitrogens with zero attached hydrogens (tertiary/aromatic N) is 1. The van der Waals surface area contributed by atoms with E-state index in [0.29, 0.717) is 5.56 Å². The molecule has 2 atom stereocenters. The van der Waals surface area contributed by atoms with Crippen LogP contribution in [0.25, 0.3) is 0 Å². The predicted molar refractivity (Wildman–Crippen MR) is 136 cm³/mol. The lowest BCUT2D eigenvalue weighted by molar-refractivity contribution is -0.138. The van der Waals surface area contributed by atoms with Gasteiger partial charge in [0, 0.05) is 17.8 Å². The molecule has 1 aliphatic rings. The first-order chi connectivity index (χ1) is 16.0. The molecule has 34 heavy (non-hydrogen) atoms. The average Bonchev–Trinajstić information content (AvgIpc) is 2.75. The average molecular weight is 488 g/mol. The minimum atomic E-state index is -1.06. The van der Waals surface area contributed by atoms with E-state index in [1.54, 1.807) is 20.8 Å². The first-order valence-corrected chi connectivity index (χ1v) is 12.4. The number of benzene rings is 1. The molecule has 0 aliphatic heterocycles. The fourth-order valence-electron chi connectivity index (χ4n) is 4.13. The quantitative estimate of drug-likeness (QED) is 0.308. The molecule has 2 unspecified atom stereocenters. The summed E-state index contributed by atoms with van der Waals surface area (Å²) in [6, 6.07) is 5.99. The van der Waals surface area contributed by atoms with Gasteiger partial charge in [0.05, 0.1) is 0 Å². The maximum atomic E-state index is 13.5. The molecule has 186 valence electrons. The number of ether oxygens (including phenoxy) is 1.